The van der Waals surface area contributed by atoms with Gasteiger partial charge in [0.05, 0.1) is 18.0 Å². The van der Waals surface area contributed by atoms with E-state index in [0.717, 1.165) is 19.5 Å². The van der Waals surface area contributed by atoms with Crippen molar-refractivity contribution in [2.45, 2.75) is 77.7 Å². The zero-order valence-corrected chi connectivity index (χ0v) is 13.1. The lowest BCUT2D eigenvalue weighted by Crippen LogP contribution is -2.34. The summed E-state index contributed by atoms with van der Waals surface area (Å²) in [7, 11) is 0. The van der Waals surface area contributed by atoms with Crippen LogP contribution >= 0.6 is 0 Å². The van der Waals surface area contributed by atoms with Gasteiger partial charge in [0.2, 0.25) is 0 Å². The van der Waals surface area contributed by atoms with Gasteiger partial charge in [-0.15, -0.1) is 0 Å². The smallest absolute Gasteiger partial charge is 0.0998 e. The highest BCUT2D eigenvalue weighted by molar-refractivity contribution is 5.84. The Hall–Kier alpha value is -0.570. The molecule has 0 atom stereocenters. The molecule has 1 aliphatic heterocycles. The Morgan fingerprint density at radius 3 is 2.37 bits per heavy atom. The van der Waals surface area contributed by atoms with Crippen molar-refractivity contribution in [1.82, 2.24) is 4.90 Å². The molecule has 1 aliphatic rings. The van der Waals surface area contributed by atoms with Crippen LogP contribution < -0.4 is 0 Å². The summed E-state index contributed by atoms with van der Waals surface area (Å²) in [6.45, 7) is 8.53. The van der Waals surface area contributed by atoms with Crippen LogP contribution in [0.2, 0.25) is 0 Å². The van der Waals surface area contributed by atoms with Crippen molar-refractivity contribution in [2.24, 2.45) is 4.99 Å². The molecular weight excluding hydrogens is 236 g/mol. The predicted octanol–water partition coefficient (Wildman–Crippen LogP) is 3.61. The van der Waals surface area contributed by atoms with E-state index in [1.807, 2.05) is 0 Å². The molecule has 0 amide bonds. The number of unbranched alkanes of at least 4 members (excludes halogenated alkanes) is 6. The number of nitrogens with zero attached hydrogens (tertiary/aromatic N) is 2. The standard InChI is InChI=1S/C16H32N2O/c1-4-5-6-7-8-9-10-11-15-17-16(2,3)14-18(15)12-13-19/h19H,4-14H2,1-3H3. The molecule has 3 nitrogen and oxygen atoms in total. The van der Waals surface area contributed by atoms with Crippen LogP contribution in [-0.4, -0.2) is 41.1 Å². The second kappa shape index (κ2) is 8.57. The van der Waals surface area contributed by atoms with E-state index in [1.54, 1.807) is 0 Å². The molecule has 0 fully saturated rings. The van der Waals surface area contributed by atoms with Crippen molar-refractivity contribution >= 4 is 5.84 Å². The number of amidine groups is 1. The fourth-order valence-electron chi connectivity index (χ4n) is 2.80. The van der Waals surface area contributed by atoms with Gasteiger partial charge in [0.25, 0.3) is 0 Å². The molecular formula is C16H32N2O. The molecule has 112 valence electrons. The number of hydrogen-bond donors (Lipinski definition) is 1. The fourth-order valence-corrected chi connectivity index (χ4v) is 2.80. The van der Waals surface area contributed by atoms with Crippen LogP contribution in [0.5, 0.6) is 0 Å². The van der Waals surface area contributed by atoms with E-state index in [2.05, 4.69) is 25.7 Å². The second-order valence-electron chi connectivity index (χ2n) is 6.36. The Kier molecular flexibility index (Phi) is 7.44. The molecule has 0 aromatic heterocycles. The molecule has 1 heterocycles. The minimum Gasteiger partial charge on any atom is -0.395 e. The monoisotopic (exact) mass is 268 g/mol. The van der Waals surface area contributed by atoms with Gasteiger partial charge >= 0.3 is 0 Å². The first kappa shape index (κ1) is 16.5. The summed E-state index contributed by atoms with van der Waals surface area (Å²) in [5.74, 6) is 1.22. The van der Waals surface area contributed by atoms with E-state index in [4.69, 9.17) is 10.1 Å². The third-order valence-electron chi connectivity index (χ3n) is 3.75. The maximum atomic E-state index is 9.11. The Balaban J connectivity index is 2.19. The highest BCUT2D eigenvalue weighted by Crippen LogP contribution is 2.22. The summed E-state index contributed by atoms with van der Waals surface area (Å²) in [4.78, 5) is 7.06. The number of aliphatic imine (C=N–C) groups is 1. The quantitative estimate of drug-likeness (QED) is 0.614. The second-order valence-corrected chi connectivity index (χ2v) is 6.36. The van der Waals surface area contributed by atoms with E-state index >= 15 is 0 Å². The predicted molar refractivity (Wildman–Crippen MR) is 82.8 cm³/mol. The summed E-state index contributed by atoms with van der Waals surface area (Å²) in [5.41, 5.74) is 0.0334. The summed E-state index contributed by atoms with van der Waals surface area (Å²) in [5, 5.41) is 9.11. The van der Waals surface area contributed by atoms with Gasteiger partial charge in [0.15, 0.2) is 0 Å². The van der Waals surface area contributed by atoms with Crippen LogP contribution in [-0.2, 0) is 0 Å². The topological polar surface area (TPSA) is 35.8 Å². The first-order valence-electron chi connectivity index (χ1n) is 8.03. The number of hydrogen-bond acceptors (Lipinski definition) is 3. The summed E-state index contributed by atoms with van der Waals surface area (Å²) in [6, 6.07) is 0. The van der Waals surface area contributed by atoms with Crippen molar-refractivity contribution in [1.29, 1.82) is 0 Å². The third-order valence-corrected chi connectivity index (χ3v) is 3.75. The van der Waals surface area contributed by atoms with Crippen LogP contribution in [0.4, 0.5) is 0 Å². The molecule has 0 aromatic carbocycles. The van der Waals surface area contributed by atoms with Crippen molar-refractivity contribution in [3.8, 4) is 0 Å². The Morgan fingerprint density at radius 1 is 1.11 bits per heavy atom. The third kappa shape index (κ3) is 6.42. The molecule has 0 saturated carbocycles. The normalized spacial score (nSPS) is 17.9. The number of aliphatic hydroxyl groups is 1. The molecule has 0 radical (unpaired) electrons. The van der Waals surface area contributed by atoms with E-state index in [1.165, 1.54) is 50.8 Å². The lowest BCUT2D eigenvalue weighted by molar-refractivity contribution is 0.244. The van der Waals surface area contributed by atoms with Gasteiger partial charge in [-0.2, -0.15) is 0 Å². The first-order chi connectivity index (χ1) is 9.09. The zero-order valence-electron chi connectivity index (χ0n) is 13.1. The maximum absolute atomic E-state index is 9.11. The SMILES string of the molecule is CCCCCCCCCC1=NC(C)(C)CN1CCO. The van der Waals surface area contributed by atoms with Crippen LogP contribution in [0.15, 0.2) is 4.99 Å². The van der Waals surface area contributed by atoms with Crippen LogP contribution in [0.3, 0.4) is 0 Å². The van der Waals surface area contributed by atoms with Gasteiger partial charge in [-0.1, -0.05) is 45.4 Å². The van der Waals surface area contributed by atoms with E-state index in [-0.39, 0.29) is 12.1 Å². The van der Waals surface area contributed by atoms with Gasteiger partial charge < -0.3 is 10.0 Å². The molecule has 3 heteroatoms. The Morgan fingerprint density at radius 2 is 1.74 bits per heavy atom. The van der Waals surface area contributed by atoms with Crippen molar-refractivity contribution < 1.29 is 5.11 Å². The molecule has 0 aromatic rings. The lowest BCUT2D eigenvalue weighted by atomic mass is 10.1. The zero-order chi connectivity index (χ0) is 14.1. The minimum absolute atomic E-state index is 0.0334. The number of β-amino-alcohol motifs (C(OH)–C–C–N with tert-alkyl or cyclic N) is 1. The molecule has 1 N–H and O–H groups in total. The van der Waals surface area contributed by atoms with E-state index in [0.29, 0.717) is 0 Å². The number of rotatable bonds is 10. The highest BCUT2D eigenvalue weighted by Gasteiger charge is 2.29. The largest absolute Gasteiger partial charge is 0.395 e. The Labute approximate surface area is 119 Å². The van der Waals surface area contributed by atoms with Crippen LogP contribution in [0.1, 0.15) is 72.1 Å². The minimum atomic E-state index is 0.0334. The molecule has 1 rings (SSSR count). The molecule has 0 aliphatic carbocycles. The molecule has 19 heavy (non-hydrogen) atoms. The summed E-state index contributed by atoms with van der Waals surface area (Å²) < 4.78 is 0. The van der Waals surface area contributed by atoms with Gasteiger partial charge in [-0.25, -0.2) is 0 Å². The van der Waals surface area contributed by atoms with Crippen molar-refractivity contribution in [3.63, 3.8) is 0 Å². The van der Waals surface area contributed by atoms with Gasteiger partial charge in [0, 0.05) is 19.5 Å². The molecule has 0 spiro atoms. The van der Waals surface area contributed by atoms with Gasteiger partial charge in [-0.05, 0) is 20.3 Å². The molecule has 0 saturated heterocycles. The molecule has 0 bridgehead atoms. The van der Waals surface area contributed by atoms with Gasteiger partial charge in [-0.3, -0.25) is 4.99 Å². The lowest BCUT2D eigenvalue weighted by Gasteiger charge is -2.21. The summed E-state index contributed by atoms with van der Waals surface area (Å²) in [6.07, 6.45) is 10.5. The van der Waals surface area contributed by atoms with Gasteiger partial charge in [0.1, 0.15) is 0 Å². The highest BCUT2D eigenvalue weighted by atomic mass is 16.3. The number of aliphatic hydroxyl groups excluding tert-OH is 1. The van der Waals surface area contributed by atoms with Crippen molar-refractivity contribution in [3.05, 3.63) is 0 Å². The maximum Gasteiger partial charge on any atom is 0.0998 e. The van der Waals surface area contributed by atoms with Crippen LogP contribution in [0, 0.1) is 0 Å². The molecule has 0 unspecified atom stereocenters. The average Bonchev–Trinajstić information content (AvgIpc) is 2.63. The summed E-state index contributed by atoms with van der Waals surface area (Å²) >= 11 is 0. The van der Waals surface area contributed by atoms with Crippen LogP contribution in [0.25, 0.3) is 0 Å². The first-order valence-corrected chi connectivity index (χ1v) is 8.03. The van der Waals surface area contributed by atoms with Crippen molar-refractivity contribution in [2.75, 3.05) is 19.7 Å². The Bertz CT molecular complexity index is 274. The van der Waals surface area contributed by atoms with E-state index < -0.39 is 0 Å². The fraction of sp³-hybridized carbons (Fsp3) is 0.938. The average molecular weight is 268 g/mol. The van der Waals surface area contributed by atoms with E-state index in [9.17, 15) is 0 Å².